The monoisotopic (exact) mass is 421 g/mol. The number of aryl methyl sites for hydroxylation is 1. The van der Waals surface area contributed by atoms with Gasteiger partial charge in [-0.2, -0.15) is 0 Å². The average Bonchev–Trinajstić information content (AvgIpc) is 3.12. The lowest BCUT2D eigenvalue weighted by Gasteiger charge is -2.06. The number of carbonyl (C=O) groups excluding carboxylic acids is 2. The van der Waals surface area contributed by atoms with Gasteiger partial charge in [-0.05, 0) is 19.4 Å². The van der Waals surface area contributed by atoms with Gasteiger partial charge in [0.15, 0.2) is 5.78 Å². The molecule has 2 aromatic rings. The Kier molecular flexibility index (Phi) is 14.9. The predicted molar refractivity (Wildman–Crippen MR) is 126 cm³/mol. The zero-order valence-electron chi connectivity index (χ0n) is 19.6. The van der Waals surface area contributed by atoms with E-state index in [0.29, 0.717) is 6.54 Å². The number of nitrogens with zero attached hydrogens (tertiary/aromatic N) is 3. The molecule has 0 saturated carbocycles. The molecule has 1 aromatic carbocycles. The summed E-state index contributed by atoms with van der Waals surface area (Å²) in [4.78, 5) is 23.0. The zero-order valence-corrected chi connectivity index (χ0v) is 19.6. The maximum absolute atomic E-state index is 11.6. The van der Waals surface area contributed by atoms with Crippen molar-refractivity contribution >= 4 is 11.7 Å². The lowest BCUT2D eigenvalue weighted by Crippen LogP contribution is -2.34. The minimum absolute atomic E-state index is 0. The van der Waals surface area contributed by atoms with E-state index in [1.54, 1.807) is 20.0 Å². The van der Waals surface area contributed by atoms with Crippen molar-refractivity contribution in [3.8, 4) is 0 Å². The van der Waals surface area contributed by atoms with Crippen molar-refractivity contribution < 1.29 is 12.4 Å². The number of benzene rings is 1. The molecule has 7 nitrogen and oxygen atoms in total. The van der Waals surface area contributed by atoms with Gasteiger partial charge in [0.25, 0.3) is 0 Å². The van der Waals surface area contributed by atoms with Crippen molar-refractivity contribution in [2.75, 3.05) is 13.1 Å². The average molecular weight is 422 g/mol. The second-order valence-corrected chi connectivity index (χ2v) is 7.97. The van der Waals surface area contributed by atoms with Gasteiger partial charge in [0.05, 0.1) is 18.4 Å². The normalized spacial score (nSPS) is 10.0. The molecule has 0 aliphatic heterocycles. The minimum atomic E-state index is -0.242. The summed E-state index contributed by atoms with van der Waals surface area (Å²) < 4.78 is 1.46. The smallest absolute Gasteiger partial charge is 0.242 e. The second-order valence-electron chi connectivity index (χ2n) is 7.97. The molecular weight excluding hydrogens is 378 g/mol. The van der Waals surface area contributed by atoms with Crippen LogP contribution in [0.15, 0.2) is 36.5 Å². The van der Waals surface area contributed by atoms with Crippen LogP contribution in [0.2, 0.25) is 0 Å². The lowest BCUT2D eigenvalue weighted by molar-refractivity contribution is -0.126. The molecule has 2 N–H and O–H groups in total. The molecule has 1 aromatic heterocycles. The Bertz CT molecular complexity index is 719. The Morgan fingerprint density at radius 3 is 2.17 bits per heavy atom. The molecule has 7 heteroatoms. The van der Waals surface area contributed by atoms with Crippen molar-refractivity contribution in [2.24, 2.45) is 11.8 Å². The standard InChI is InChI=1S/C12H21N5O2.C7H8.C4H10.2H2/c1-4-13-5-10-7-17(16-15-10)8-12(19)14-6-11(18)9(2)3;1-7-5-3-2-4-6-7;1-4(2)3;;/h7,9,13H,4-6,8H2,1-3H3,(H,14,19);2-6H,1H3;4H,1-3H3;2*1H. The van der Waals surface area contributed by atoms with Crippen molar-refractivity contribution in [3.05, 3.63) is 47.8 Å². The lowest BCUT2D eigenvalue weighted by atomic mass is 10.1. The molecule has 0 saturated heterocycles. The Morgan fingerprint density at radius 1 is 1.10 bits per heavy atom. The summed E-state index contributed by atoms with van der Waals surface area (Å²) in [5.74, 6) is 0.534. The predicted octanol–water partition coefficient (Wildman–Crippen LogP) is 3.88. The van der Waals surface area contributed by atoms with E-state index >= 15 is 0 Å². The number of hydrogen-bond acceptors (Lipinski definition) is 5. The van der Waals surface area contributed by atoms with Crippen LogP contribution in [0.25, 0.3) is 0 Å². The quantitative estimate of drug-likeness (QED) is 0.675. The van der Waals surface area contributed by atoms with E-state index in [0.717, 1.165) is 18.2 Å². The van der Waals surface area contributed by atoms with Crippen molar-refractivity contribution in [1.82, 2.24) is 25.6 Å². The Labute approximate surface area is 184 Å². The molecule has 2 rings (SSSR count). The maximum atomic E-state index is 11.6. The first kappa shape index (κ1) is 27.5. The SMILES string of the molecule is CC(C)C.CCNCc1cn(CC(=O)NCC(=O)C(C)C)nn1.Cc1ccccc1.[HH].[HH]. The maximum Gasteiger partial charge on any atom is 0.242 e. The van der Waals surface area contributed by atoms with Crippen molar-refractivity contribution in [1.29, 1.82) is 0 Å². The summed E-state index contributed by atoms with van der Waals surface area (Å²) in [6.07, 6.45) is 1.71. The summed E-state index contributed by atoms with van der Waals surface area (Å²) in [7, 11) is 0. The first-order valence-electron chi connectivity index (χ1n) is 10.6. The number of amides is 1. The van der Waals surface area contributed by atoms with Gasteiger partial charge >= 0.3 is 0 Å². The molecule has 30 heavy (non-hydrogen) atoms. The summed E-state index contributed by atoms with van der Waals surface area (Å²) >= 11 is 0. The van der Waals surface area contributed by atoms with Gasteiger partial charge in [0.1, 0.15) is 6.54 Å². The molecule has 0 unspecified atom stereocenters. The van der Waals surface area contributed by atoms with Crippen molar-refractivity contribution in [3.63, 3.8) is 0 Å². The van der Waals surface area contributed by atoms with Crippen LogP contribution in [0.4, 0.5) is 0 Å². The third-order valence-corrected chi connectivity index (χ3v) is 3.49. The van der Waals surface area contributed by atoms with Gasteiger partial charge in [-0.3, -0.25) is 9.59 Å². The van der Waals surface area contributed by atoms with Gasteiger partial charge in [-0.25, -0.2) is 4.68 Å². The molecule has 0 spiro atoms. The highest BCUT2D eigenvalue weighted by atomic mass is 16.2. The summed E-state index contributed by atoms with van der Waals surface area (Å²) in [6, 6.07) is 10.3. The highest BCUT2D eigenvalue weighted by Gasteiger charge is 2.10. The number of ketones is 1. The molecule has 0 aliphatic carbocycles. The van der Waals surface area contributed by atoms with E-state index in [-0.39, 0.29) is 33.6 Å². The van der Waals surface area contributed by atoms with Crippen LogP contribution in [0.5, 0.6) is 0 Å². The third-order valence-electron chi connectivity index (χ3n) is 3.49. The number of nitrogens with one attached hydrogen (secondary N) is 2. The molecule has 1 amide bonds. The molecule has 0 bridgehead atoms. The number of hydrogen-bond donors (Lipinski definition) is 2. The first-order chi connectivity index (χ1) is 14.1. The van der Waals surface area contributed by atoms with Gasteiger partial charge in [-0.15, -0.1) is 5.10 Å². The first-order valence-corrected chi connectivity index (χ1v) is 10.6. The van der Waals surface area contributed by atoms with Gasteiger partial charge < -0.3 is 10.6 Å². The fraction of sp³-hybridized carbons (Fsp3) is 0.565. The van der Waals surface area contributed by atoms with E-state index in [1.165, 1.54) is 10.2 Å². The van der Waals surface area contributed by atoms with Gasteiger partial charge in [0.2, 0.25) is 5.91 Å². The van der Waals surface area contributed by atoms with E-state index in [4.69, 9.17) is 0 Å². The zero-order chi connectivity index (χ0) is 22.9. The van der Waals surface area contributed by atoms with Crippen molar-refractivity contribution in [2.45, 2.75) is 61.6 Å². The molecule has 1 heterocycles. The van der Waals surface area contributed by atoms with Crippen LogP contribution in [0.1, 0.15) is 55.7 Å². The van der Waals surface area contributed by atoms with Crippen LogP contribution in [0, 0.1) is 18.8 Å². The number of Topliss-reactive ketones (excluding diaryl/α,β-unsaturated/α-hetero) is 1. The fourth-order valence-corrected chi connectivity index (χ4v) is 1.88. The largest absolute Gasteiger partial charge is 0.347 e. The summed E-state index contributed by atoms with van der Waals surface area (Å²) in [5.41, 5.74) is 2.11. The Morgan fingerprint density at radius 2 is 1.70 bits per heavy atom. The van der Waals surface area contributed by atoms with E-state index in [9.17, 15) is 9.59 Å². The van der Waals surface area contributed by atoms with Crippen LogP contribution in [-0.4, -0.2) is 39.8 Å². The topological polar surface area (TPSA) is 88.9 Å². The molecule has 0 radical (unpaired) electrons. The van der Waals surface area contributed by atoms with Crippen LogP contribution >= 0.6 is 0 Å². The van der Waals surface area contributed by atoms with Crippen LogP contribution in [-0.2, 0) is 22.7 Å². The Balaban J connectivity index is -0.000000536. The summed E-state index contributed by atoms with van der Waals surface area (Å²) in [6.45, 7) is 15.8. The van der Waals surface area contributed by atoms with E-state index < -0.39 is 0 Å². The van der Waals surface area contributed by atoms with Gasteiger partial charge in [0, 0.05) is 15.3 Å². The Hall–Kier alpha value is -2.54. The third kappa shape index (κ3) is 15.4. The highest BCUT2D eigenvalue weighted by Crippen LogP contribution is 1.94. The minimum Gasteiger partial charge on any atom is -0.347 e. The second kappa shape index (κ2) is 16.3. The van der Waals surface area contributed by atoms with E-state index in [2.05, 4.69) is 60.8 Å². The summed E-state index contributed by atoms with van der Waals surface area (Å²) in [5, 5.41) is 13.5. The fourth-order valence-electron chi connectivity index (χ4n) is 1.88. The molecular formula is C23H43N5O2. The van der Waals surface area contributed by atoms with Crippen LogP contribution < -0.4 is 10.6 Å². The number of carbonyl (C=O) groups is 2. The highest BCUT2D eigenvalue weighted by molar-refractivity contribution is 5.87. The number of rotatable bonds is 8. The van der Waals surface area contributed by atoms with Gasteiger partial charge in [-0.1, -0.05) is 82.7 Å². The molecule has 0 aliphatic rings. The molecule has 0 atom stereocenters. The molecule has 0 fully saturated rings. The number of aromatic nitrogens is 3. The molecule has 172 valence electrons. The van der Waals surface area contributed by atoms with E-state index in [1.807, 2.05) is 25.1 Å². The van der Waals surface area contributed by atoms with Crippen LogP contribution in [0.3, 0.4) is 0 Å².